The average molecular weight is 381 g/mol. The van der Waals surface area contributed by atoms with E-state index in [1.807, 2.05) is 25.0 Å². The van der Waals surface area contributed by atoms with Gasteiger partial charge in [0.15, 0.2) is 5.78 Å². The Morgan fingerprint density at radius 2 is 1.39 bits per heavy atom. The Balaban J connectivity index is 2.61. The van der Waals surface area contributed by atoms with Crippen LogP contribution in [-0.2, 0) is 0 Å². The minimum Gasteiger partial charge on any atom is -0.507 e. The number of carbonyl (C=O) groups excluding carboxylic acids is 1. The Morgan fingerprint density at radius 3 is 1.96 bits per heavy atom. The number of ketones is 1. The van der Waals surface area contributed by atoms with Crippen molar-refractivity contribution in [3.05, 3.63) is 29.3 Å². The zero-order valence-corrected chi connectivity index (χ0v) is 16.5. The number of allylic oxidation sites excluding steroid dienone is 1. The zero-order chi connectivity index (χ0) is 16.7. The van der Waals surface area contributed by atoms with Gasteiger partial charge < -0.3 is 5.11 Å². The predicted octanol–water partition coefficient (Wildman–Crippen LogP) is 5.61. The van der Waals surface area contributed by atoms with Crippen LogP contribution in [0.25, 0.3) is 15.7 Å². The molecule has 2 aromatic carbocycles. The van der Waals surface area contributed by atoms with E-state index < -0.39 is 0 Å². The minimum atomic E-state index is -0.109. The number of phenolic OH excluding ortho intramolecular Hbond substituents is 1. The molecule has 0 fully saturated rings. The SMILES string of the molecule is CSC1=CC(=O)c2c(O)cc(SC)c3c(SC)cc(SC)c1c23. The molecule has 0 spiro atoms. The smallest absolute Gasteiger partial charge is 0.191 e. The first-order valence-electron chi connectivity index (χ1n) is 6.86. The first-order chi connectivity index (χ1) is 11.1. The Kier molecular flexibility index (Phi) is 4.97. The van der Waals surface area contributed by atoms with Crippen molar-refractivity contribution in [2.75, 3.05) is 25.0 Å². The molecular formula is C17H16O2S4. The van der Waals surface area contributed by atoms with Crippen molar-refractivity contribution >= 4 is 68.5 Å². The third-order valence-corrected chi connectivity index (χ3v) is 6.96. The molecule has 0 amide bonds. The lowest BCUT2D eigenvalue weighted by Gasteiger charge is -2.23. The Labute approximate surface area is 152 Å². The summed E-state index contributed by atoms with van der Waals surface area (Å²) in [6, 6.07) is 3.92. The van der Waals surface area contributed by atoms with Gasteiger partial charge in [0.25, 0.3) is 0 Å². The molecule has 0 heterocycles. The molecule has 0 aromatic heterocycles. The zero-order valence-electron chi connectivity index (χ0n) is 13.2. The van der Waals surface area contributed by atoms with Gasteiger partial charge >= 0.3 is 0 Å². The van der Waals surface area contributed by atoms with Gasteiger partial charge in [-0.3, -0.25) is 4.79 Å². The number of hydrogen-bond donors (Lipinski definition) is 1. The number of phenols is 1. The average Bonchev–Trinajstić information content (AvgIpc) is 2.57. The highest BCUT2D eigenvalue weighted by Gasteiger charge is 2.28. The van der Waals surface area contributed by atoms with E-state index in [1.54, 1.807) is 59.2 Å². The van der Waals surface area contributed by atoms with Crippen molar-refractivity contribution in [1.82, 2.24) is 0 Å². The van der Waals surface area contributed by atoms with Crippen LogP contribution in [0.2, 0.25) is 0 Å². The second-order valence-corrected chi connectivity index (χ2v) is 8.35. The number of thioether (sulfide) groups is 4. The van der Waals surface area contributed by atoms with E-state index in [1.165, 1.54) is 0 Å². The summed E-state index contributed by atoms with van der Waals surface area (Å²) in [5, 5.41) is 12.4. The molecule has 0 unspecified atom stereocenters. The van der Waals surface area contributed by atoms with Crippen molar-refractivity contribution in [3.8, 4) is 5.75 Å². The summed E-state index contributed by atoms with van der Waals surface area (Å²) < 4.78 is 0. The van der Waals surface area contributed by atoms with Crippen LogP contribution in [0.4, 0.5) is 0 Å². The number of hydrogen-bond acceptors (Lipinski definition) is 6. The Morgan fingerprint density at radius 1 is 0.783 bits per heavy atom. The fraction of sp³-hybridized carbons (Fsp3) is 0.235. The van der Waals surface area contributed by atoms with Gasteiger partial charge in [-0.25, -0.2) is 0 Å². The summed E-state index contributed by atoms with van der Waals surface area (Å²) in [6.07, 6.45) is 9.74. The molecule has 0 saturated carbocycles. The summed E-state index contributed by atoms with van der Waals surface area (Å²) in [7, 11) is 0. The van der Waals surface area contributed by atoms with Crippen LogP contribution < -0.4 is 0 Å². The van der Waals surface area contributed by atoms with E-state index in [0.29, 0.717) is 5.56 Å². The molecular weight excluding hydrogens is 364 g/mol. The number of carbonyl (C=O) groups is 1. The molecule has 1 aliphatic rings. The van der Waals surface area contributed by atoms with Crippen LogP contribution in [0.3, 0.4) is 0 Å². The van der Waals surface area contributed by atoms with Gasteiger partial charge in [-0.15, -0.1) is 47.0 Å². The molecule has 1 N–H and O–H groups in total. The van der Waals surface area contributed by atoms with E-state index in [9.17, 15) is 9.90 Å². The number of benzene rings is 2. The molecule has 3 rings (SSSR count). The summed E-state index contributed by atoms with van der Waals surface area (Å²) in [5.74, 6) is -0.0304. The molecule has 0 saturated heterocycles. The summed E-state index contributed by atoms with van der Waals surface area (Å²) >= 11 is 6.54. The van der Waals surface area contributed by atoms with Gasteiger partial charge in [-0.05, 0) is 37.2 Å². The third-order valence-electron chi connectivity index (χ3n) is 3.91. The quantitative estimate of drug-likeness (QED) is 0.695. The van der Waals surface area contributed by atoms with Gasteiger partial charge in [0, 0.05) is 42.0 Å². The van der Waals surface area contributed by atoms with Gasteiger partial charge in [-0.2, -0.15) is 0 Å². The topological polar surface area (TPSA) is 37.3 Å². The monoisotopic (exact) mass is 380 g/mol. The molecule has 0 aliphatic heterocycles. The minimum absolute atomic E-state index is 0.0785. The maximum Gasteiger partial charge on any atom is 0.191 e. The van der Waals surface area contributed by atoms with Crippen LogP contribution in [0.5, 0.6) is 5.75 Å². The molecule has 0 bridgehead atoms. The lowest BCUT2D eigenvalue weighted by Crippen LogP contribution is -2.07. The summed E-state index contributed by atoms with van der Waals surface area (Å²) in [6.45, 7) is 0. The number of rotatable bonds is 4. The highest BCUT2D eigenvalue weighted by molar-refractivity contribution is 8.07. The Bertz CT molecular complexity index is 856. The Hall–Kier alpha value is -0.690. The van der Waals surface area contributed by atoms with Crippen LogP contribution in [-0.4, -0.2) is 35.9 Å². The van der Waals surface area contributed by atoms with Crippen LogP contribution in [0.15, 0.2) is 32.9 Å². The maximum absolute atomic E-state index is 12.6. The lowest BCUT2D eigenvalue weighted by atomic mass is 9.91. The molecule has 1 aliphatic carbocycles. The van der Waals surface area contributed by atoms with E-state index in [0.717, 1.165) is 35.9 Å². The molecule has 0 radical (unpaired) electrons. The summed E-state index contributed by atoms with van der Waals surface area (Å²) in [5.41, 5.74) is 1.52. The normalized spacial score (nSPS) is 13.6. The van der Waals surface area contributed by atoms with Gasteiger partial charge in [-0.1, -0.05) is 0 Å². The van der Waals surface area contributed by atoms with Crippen LogP contribution in [0, 0.1) is 0 Å². The molecule has 23 heavy (non-hydrogen) atoms. The lowest BCUT2D eigenvalue weighted by molar-refractivity contribution is 0.104. The molecule has 2 aromatic rings. The van der Waals surface area contributed by atoms with Crippen LogP contribution >= 0.6 is 47.0 Å². The second-order valence-electron chi connectivity index (χ2n) is 4.96. The second kappa shape index (κ2) is 6.67. The first kappa shape index (κ1) is 17.1. The highest BCUT2D eigenvalue weighted by atomic mass is 32.2. The van der Waals surface area contributed by atoms with E-state index in [2.05, 4.69) is 6.07 Å². The highest BCUT2D eigenvalue weighted by Crippen LogP contribution is 2.50. The van der Waals surface area contributed by atoms with Crippen molar-refractivity contribution in [1.29, 1.82) is 0 Å². The molecule has 2 nitrogen and oxygen atoms in total. The fourth-order valence-electron chi connectivity index (χ4n) is 2.93. The summed E-state index contributed by atoms with van der Waals surface area (Å²) in [4.78, 5) is 16.9. The van der Waals surface area contributed by atoms with Crippen molar-refractivity contribution in [3.63, 3.8) is 0 Å². The van der Waals surface area contributed by atoms with E-state index >= 15 is 0 Å². The van der Waals surface area contributed by atoms with Crippen molar-refractivity contribution < 1.29 is 9.90 Å². The molecule has 0 atom stereocenters. The van der Waals surface area contributed by atoms with Gasteiger partial charge in [0.1, 0.15) is 5.75 Å². The number of aromatic hydroxyl groups is 1. The standard InChI is InChI=1S/C17H16O2S4/c1-20-10-5-8(18)14-9(19)6-11(21-2)16-13(23-4)7-12(22-3)15(10)17(14)16/h5-7,18H,1-4H3. The van der Waals surface area contributed by atoms with E-state index in [-0.39, 0.29) is 11.5 Å². The maximum atomic E-state index is 12.6. The molecule has 120 valence electrons. The van der Waals surface area contributed by atoms with Gasteiger partial charge in [0.2, 0.25) is 0 Å². The fourth-order valence-corrected chi connectivity index (χ4v) is 5.72. The molecule has 6 heteroatoms. The first-order valence-corrected chi connectivity index (χ1v) is 11.8. The third kappa shape index (κ3) is 2.60. The van der Waals surface area contributed by atoms with E-state index in [4.69, 9.17) is 0 Å². The van der Waals surface area contributed by atoms with Crippen molar-refractivity contribution in [2.24, 2.45) is 0 Å². The predicted molar refractivity (Wildman–Crippen MR) is 107 cm³/mol. The largest absolute Gasteiger partial charge is 0.507 e. The van der Waals surface area contributed by atoms with Crippen LogP contribution in [0.1, 0.15) is 15.9 Å². The van der Waals surface area contributed by atoms with Gasteiger partial charge in [0.05, 0.1) is 5.56 Å². The van der Waals surface area contributed by atoms with Crippen molar-refractivity contribution in [2.45, 2.75) is 14.7 Å².